The summed E-state index contributed by atoms with van der Waals surface area (Å²) in [6.45, 7) is 4.42. The smallest absolute Gasteiger partial charge is 0.376 e. The number of carbonyl (C=O) groups is 2. The third kappa shape index (κ3) is 4.01. The zero-order valence-corrected chi connectivity index (χ0v) is 11.3. The summed E-state index contributed by atoms with van der Waals surface area (Å²) >= 11 is 0. The number of ether oxygens (including phenoxy) is 2. The highest BCUT2D eigenvalue weighted by Gasteiger charge is 2.14. The van der Waals surface area contributed by atoms with E-state index in [2.05, 4.69) is 0 Å². The molecule has 0 atom stereocenters. The van der Waals surface area contributed by atoms with E-state index in [1.54, 1.807) is 19.1 Å². The van der Waals surface area contributed by atoms with Crippen LogP contribution >= 0.6 is 0 Å². The van der Waals surface area contributed by atoms with Crippen LogP contribution in [0, 0.1) is 0 Å². The van der Waals surface area contributed by atoms with Crippen LogP contribution < -0.4 is 9.47 Å². The summed E-state index contributed by atoms with van der Waals surface area (Å²) in [5.74, 6) is -2.45. The minimum Gasteiger partial charge on any atom is -0.507 e. The molecule has 0 amide bonds. The third-order valence-corrected chi connectivity index (χ3v) is 2.32. The molecule has 0 bridgehead atoms. The van der Waals surface area contributed by atoms with Gasteiger partial charge in [-0.25, -0.2) is 4.79 Å². The Labute approximate surface area is 116 Å². The van der Waals surface area contributed by atoms with Crippen molar-refractivity contribution in [2.75, 3.05) is 13.2 Å². The Bertz CT molecular complexity index is 532. The highest BCUT2D eigenvalue weighted by atomic mass is 16.5. The topological polar surface area (TPSA) is 93.1 Å². The van der Waals surface area contributed by atoms with E-state index in [0.29, 0.717) is 30.8 Å². The summed E-state index contributed by atoms with van der Waals surface area (Å²) in [6.07, 6.45) is 0.639. The lowest BCUT2D eigenvalue weighted by Crippen LogP contribution is -2.09. The van der Waals surface area contributed by atoms with E-state index in [-0.39, 0.29) is 5.56 Å². The van der Waals surface area contributed by atoms with E-state index in [4.69, 9.17) is 14.6 Å². The molecule has 0 aliphatic carbocycles. The maximum absolute atomic E-state index is 11.1. The number of aliphatic hydroxyl groups is 1. The van der Waals surface area contributed by atoms with Crippen LogP contribution in [0.5, 0.6) is 11.5 Å². The summed E-state index contributed by atoms with van der Waals surface area (Å²) in [5.41, 5.74) is 0.227. The van der Waals surface area contributed by atoms with Gasteiger partial charge in [-0.05, 0) is 26.0 Å². The Morgan fingerprint density at radius 1 is 1.15 bits per heavy atom. The number of rotatable bonds is 7. The van der Waals surface area contributed by atoms with Crippen molar-refractivity contribution >= 4 is 17.5 Å². The normalized spacial score (nSPS) is 11.0. The lowest BCUT2D eigenvalue weighted by molar-refractivity contribution is -0.146. The molecule has 20 heavy (non-hydrogen) atoms. The van der Waals surface area contributed by atoms with E-state index in [0.717, 1.165) is 0 Å². The van der Waals surface area contributed by atoms with Gasteiger partial charge in [0.1, 0.15) is 17.3 Å². The second-order valence-corrected chi connectivity index (χ2v) is 3.72. The van der Waals surface area contributed by atoms with Crippen molar-refractivity contribution in [2.45, 2.75) is 13.8 Å². The molecule has 0 aliphatic heterocycles. The molecular weight excluding hydrogens is 264 g/mol. The minimum absolute atomic E-state index is 0.227. The van der Waals surface area contributed by atoms with Gasteiger partial charge in [-0.2, -0.15) is 0 Å². The second-order valence-electron chi connectivity index (χ2n) is 3.72. The number of hydrogen-bond donors (Lipinski definition) is 2. The van der Waals surface area contributed by atoms with Crippen molar-refractivity contribution in [1.82, 2.24) is 0 Å². The highest BCUT2D eigenvalue weighted by Crippen LogP contribution is 2.29. The van der Waals surface area contributed by atoms with Crippen molar-refractivity contribution in [3.05, 3.63) is 29.8 Å². The largest absolute Gasteiger partial charge is 0.507 e. The van der Waals surface area contributed by atoms with Crippen LogP contribution in [0.3, 0.4) is 0 Å². The van der Waals surface area contributed by atoms with E-state index in [1.165, 1.54) is 6.07 Å². The van der Waals surface area contributed by atoms with Crippen LogP contribution in [0.4, 0.5) is 0 Å². The standard InChI is InChI=1S/C14H16O6/c1-3-19-9-5-6-10(13(7-9)20-4-2)11(15)8-12(16)14(17)18/h5-8,15H,3-4H2,1-2H3,(H,17,18). The molecule has 2 N–H and O–H groups in total. The molecule has 0 aliphatic rings. The highest BCUT2D eigenvalue weighted by molar-refractivity contribution is 6.38. The van der Waals surface area contributed by atoms with Gasteiger partial charge in [0, 0.05) is 12.1 Å². The van der Waals surface area contributed by atoms with Crippen LogP contribution in [0.15, 0.2) is 24.3 Å². The molecule has 1 aromatic carbocycles. The Kier molecular flexibility index (Phi) is 5.58. The number of hydrogen-bond acceptors (Lipinski definition) is 5. The predicted molar refractivity (Wildman–Crippen MR) is 72.0 cm³/mol. The summed E-state index contributed by atoms with van der Waals surface area (Å²) < 4.78 is 10.7. The first kappa shape index (κ1) is 15.6. The number of ketones is 1. The first-order valence-corrected chi connectivity index (χ1v) is 6.07. The van der Waals surface area contributed by atoms with Gasteiger partial charge in [-0.1, -0.05) is 0 Å². The number of carbonyl (C=O) groups excluding carboxylic acids is 1. The Morgan fingerprint density at radius 2 is 1.80 bits per heavy atom. The fraction of sp³-hybridized carbons (Fsp3) is 0.286. The maximum Gasteiger partial charge on any atom is 0.376 e. The molecule has 6 heteroatoms. The quantitative estimate of drug-likeness (QED) is 0.451. The Hall–Kier alpha value is -2.50. The molecule has 6 nitrogen and oxygen atoms in total. The second kappa shape index (κ2) is 7.18. The van der Waals surface area contributed by atoms with E-state index < -0.39 is 17.5 Å². The monoisotopic (exact) mass is 280 g/mol. The van der Waals surface area contributed by atoms with E-state index >= 15 is 0 Å². The average molecular weight is 280 g/mol. The molecule has 0 aromatic heterocycles. The molecule has 0 heterocycles. The van der Waals surface area contributed by atoms with Crippen LogP contribution in [0.1, 0.15) is 19.4 Å². The summed E-state index contributed by atoms with van der Waals surface area (Å²) in [7, 11) is 0. The molecule has 0 fully saturated rings. The first-order valence-electron chi connectivity index (χ1n) is 6.07. The number of benzene rings is 1. The number of aliphatic hydroxyl groups excluding tert-OH is 1. The minimum atomic E-state index is -1.64. The van der Waals surface area contributed by atoms with Gasteiger partial charge in [-0.3, -0.25) is 4.79 Å². The van der Waals surface area contributed by atoms with E-state index in [9.17, 15) is 14.7 Å². The summed E-state index contributed by atoms with van der Waals surface area (Å²) in [4.78, 5) is 21.5. The summed E-state index contributed by atoms with van der Waals surface area (Å²) in [6, 6.07) is 4.66. The van der Waals surface area contributed by atoms with Crippen molar-refractivity contribution in [1.29, 1.82) is 0 Å². The molecule has 0 radical (unpaired) electrons. The molecule has 0 unspecified atom stereocenters. The van der Waals surface area contributed by atoms with E-state index in [1.807, 2.05) is 6.92 Å². The van der Waals surface area contributed by atoms with Crippen LogP contribution in [0.2, 0.25) is 0 Å². The molecule has 1 aromatic rings. The van der Waals surface area contributed by atoms with Gasteiger partial charge in [0.05, 0.1) is 18.8 Å². The van der Waals surface area contributed by atoms with Gasteiger partial charge in [0.2, 0.25) is 0 Å². The fourth-order valence-electron chi connectivity index (χ4n) is 1.51. The van der Waals surface area contributed by atoms with Gasteiger partial charge in [0.15, 0.2) is 0 Å². The van der Waals surface area contributed by atoms with Gasteiger partial charge in [0.25, 0.3) is 5.78 Å². The first-order chi connectivity index (χ1) is 9.49. The number of aliphatic carboxylic acids is 1. The van der Waals surface area contributed by atoms with Crippen molar-refractivity contribution < 1.29 is 29.3 Å². The summed E-state index contributed by atoms with van der Waals surface area (Å²) in [5, 5.41) is 18.3. The third-order valence-electron chi connectivity index (χ3n) is 2.32. The molecule has 0 saturated carbocycles. The lowest BCUT2D eigenvalue weighted by atomic mass is 10.1. The SMILES string of the molecule is CCOc1ccc(C(O)=CC(=O)C(=O)O)c(OCC)c1. The number of carboxylic acid groups (broad SMARTS) is 1. The average Bonchev–Trinajstić information content (AvgIpc) is 2.39. The zero-order valence-electron chi connectivity index (χ0n) is 11.3. The molecule has 0 spiro atoms. The lowest BCUT2D eigenvalue weighted by Gasteiger charge is -2.11. The Morgan fingerprint density at radius 3 is 2.35 bits per heavy atom. The van der Waals surface area contributed by atoms with Crippen molar-refractivity contribution in [3.63, 3.8) is 0 Å². The molecule has 1 rings (SSSR count). The van der Waals surface area contributed by atoms with Gasteiger partial charge >= 0.3 is 5.97 Å². The maximum atomic E-state index is 11.1. The van der Waals surface area contributed by atoms with Gasteiger partial charge in [-0.15, -0.1) is 0 Å². The van der Waals surface area contributed by atoms with Crippen molar-refractivity contribution in [2.24, 2.45) is 0 Å². The van der Waals surface area contributed by atoms with Crippen LogP contribution in [0.25, 0.3) is 5.76 Å². The fourth-order valence-corrected chi connectivity index (χ4v) is 1.51. The molecule has 108 valence electrons. The van der Waals surface area contributed by atoms with Crippen LogP contribution in [-0.4, -0.2) is 35.2 Å². The Balaban J connectivity index is 3.15. The van der Waals surface area contributed by atoms with Crippen molar-refractivity contribution in [3.8, 4) is 11.5 Å². The molecule has 0 saturated heterocycles. The van der Waals surface area contributed by atoms with Gasteiger partial charge < -0.3 is 19.7 Å². The zero-order chi connectivity index (χ0) is 15.1. The molecular formula is C14H16O6. The number of carboxylic acids is 1. The van der Waals surface area contributed by atoms with Crippen LogP contribution in [-0.2, 0) is 9.59 Å². The predicted octanol–water partition coefficient (Wildman–Crippen LogP) is 2.04.